The fraction of sp³-hybridized carbons (Fsp3) is 0.273. The predicted molar refractivity (Wildman–Crippen MR) is 126 cm³/mol. The summed E-state index contributed by atoms with van der Waals surface area (Å²) in [4.78, 5) is 4.74. The number of phenolic OH excluding ortho intramolecular Hbond substituents is 1. The largest absolute Gasteiger partial charge is 0.508 e. The normalized spacial score (nSPS) is 19.9. The molecule has 3 aromatic rings. The van der Waals surface area contributed by atoms with Crippen LogP contribution in [0.4, 0.5) is 5.13 Å². The van der Waals surface area contributed by atoms with Gasteiger partial charge in [-0.05, 0) is 43.7 Å². The van der Waals surface area contributed by atoms with Gasteiger partial charge in [-0.25, -0.2) is 13.4 Å². The number of morpholine rings is 1. The van der Waals surface area contributed by atoms with Gasteiger partial charge in [-0.15, -0.1) is 11.3 Å². The first-order chi connectivity index (χ1) is 15.3. The number of ether oxygens (including phenoxy) is 1. The van der Waals surface area contributed by atoms with E-state index in [1.807, 2.05) is 31.4 Å². The number of phenols is 1. The Labute approximate surface area is 191 Å². The van der Waals surface area contributed by atoms with Crippen molar-refractivity contribution >= 4 is 32.7 Å². The van der Waals surface area contributed by atoms with Crippen LogP contribution in [0.15, 0.2) is 63.9 Å². The number of rotatable bonds is 6. The molecule has 0 unspecified atom stereocenters. The molecule has 1 aliphatic rings. The maximum absolute atomic E-state index is 13.2. The zero-order chi connectivity index (χ0) is 22.7. The molecular weight excluding hydrogens is 448 g/mol. The predicted octanol–water partition coefficient (Wildman–Crippen LogP) is 3.76. The van der Waals surface area contributed by atoms with Crippen LogP contribution in [0, 0.1) is 0 Å². The molecule has 10 heteroatoms. The lowest BCUT2D eigenvalue weighted by Crippen LogP contribution is -2.48. The summed E-state index contributed by atoms with van der Waals surface area (Å²) in [5.74, 6) is 0.168. The number of nitrogens with one attached hydrogen (secondary N) is 1. The van der Waals surface area contributed by atoms with Crippen molar-refractivity contribution in [3.8, 4) is 17.0 Å². The van der Waals surface area contributed by atoms with Gasteiger partial charge in [-0.2, -0.15) is 9.41 Å². The molecule has 1 fully saturated rings. The highest BCUT2D eigenvalue weighted by Gasteiger charge is 2.32. The standard InChI is InChI=1S/C22H24N4O4S2/c1-15-12-26(13-16(2)30-15)32(28,29)20-8-4-6-18(10-20)21-14-31-22(24-21)25-23-11-17-5-3-7-19(27)9-17/h3-11,14-16,27H,12-13H2,1-2H3,(H,24,25)/b23-11-/t15-,16-/m0/s1. The third kappa shape index (κ3) is 5.16. The number of nitrogens with zero attached hydrogens (tertiary/aromatic N) is 3. The fourth-order valence-corrected chi connectivity index (χ4v) is 5.82. The highest BCUT2D eigenvalue weighted by Crippen LogP contribution is 2.28. The van der Waals surface area contributed by atoms with Crippen LogP contribution in [0.25, 0.3) is 11.3 Å². The van der Waals surface area contributed by atoms with Gasteiger partial charge in [0.15, 0.2) is 0 Å². The van der Waals surface area contributed by atoms with Crippen LogP contribution >= 0.6 is 11.3 Å². The maximum Gasteiger partial charge on any atom is 0.243 e. The molecule has 2 aromatic carbocycles. The second kappa shape index (κ2) is 9.37. The Morgan fingerprint density at radius 3 is 2.69 bits per heavy atom. The third-order valence-electron chi connectivity index (χ3n) is 4.90. The first-order valence-corrected chi connectivity index (χ1v) is 12.4. The topological polar surface area (TPSA) is 104 Å². The second-order valence-electron chi connectivity index (χ2n) is 7.61. The van der Waals surface area contributed by atoms with E-state index in [1.165, 1.54) is 15.6 Å². The number of hydrazone groups is 1. The van der Waals surface area contributed by atoms with Gasteiger partial charge in [0.2, 0.25) is 15.2 Å². The number of anilines is 1. The van der Waals surface area contributed by atoms with Crippen molar-refractivity contribution in [3.05, 3.63) is 59.5 Å². The molecule has 2 atom stereocenters. The van der Waals surface area contributed by atoms with Gasteiger partial charge in [-0.3, -0.25) is 5.43 Å². The minimum Gasteiger partial charge on any atom is -0.508 e. The van der Waals surface area contributed by atoms with Crippen LogP contribution < -0.4 is 5.43 Å². The van der Waals surface area contributed by atoms with Crippen molar-refractivity contribution in [3.63, 3.8) is 0 Å². The number of benzene rings is 2. The van der Waals surface area contributed by atoms with Gasteiger partial charge in [0.1, 0.15) is 5.75 Å². The molecule has 2 N–H and O–H groups in total. The molecule has 0 amide bonds. The van der Waals surface area contributed by atoms with E-state index in [1.54, 1.807) is 42.6 Å². The highest BCUT2D eigenvalue weighted by molar-refractivity contribution is 7.89. The molecule has 168 valence electrons. The Morgan fingerprint density at radius 1 is 1.19 bits per heavy atom. The van der Waals surface area contributed by atoms with Gasteiger partial charge < -0.3 is 9.84 Å². The Balaban J connectivity index is 1.50. The van der Waals surface area contributed by atoms with Gasteiger partial charge in [-0.1, -0.05) is 24.3 Å². The van der Waals surface area contributed by atoms with E-state index in [-0.39, 0.29) is 22.9 Å². The summed E-state index contributed by atoms with van der Waals surface area (Å²) >= 11 is 1.36. The molecule has 1 aliphatic heterocycles. The van der Waals surface area contributed by atoms with E-state index in [4.69, 9.17) is 4.74 Å². The fourth-order valence-electron chi connectivity index (χ4n) is 3.52. The van der Waals surface area contributed by atoms with Crippen LogP contribution in [0.3, 0.4) is 0 Å². The number of hydrogen-bond donors (Lipinski definition) is 2. The number of hydrogen-bond acceptors (Lipinski definition) is 8. The van der Waals surface area contributed by atoms with Crippen LogP contribution in [0.1, 0.15) is 19.4 Å². The summed E-state index contributed by atoms with van der Waals surface area (Å²) in [6, 6.07) is 13.6. The lowest BCUT2D eigenvalue weighted by atomic mass is 10.2. The molecule has 8 nitrogen and oxygen atoms in total. The minimum absolute atomic E-state index is 0.149. The Morgan fingerprint density at radius 2 is 1.94 bits per heavy atom. The summed E-state index contributed by atoms with van der Waals surface area (Å²) in [5.41, 5.74) is 4.98. The molecule has 0 aliphatic carbocycles. The SMILES string of the molecule is C[C@H]1CN(S(=O)(=O)c2cccc(-c3csc(N/N=C\c4cccc(O)c4)n3)c2)C[C@H](C)O1. The van der Waals surface area contributed by atoms with Crippen molar-refractivity contribution in [2.24, 2.45) is 5.10 Å². The first kappa shape index (κ1) is 22.4. The summed E-state index contributed by atoms with van der Waals surface area (Å²) in [6.45, 7) is 4.42. The molecule has 0 spiro atoms. The van der Waals surface area contributed by atoms with Crippen molar-refractivity contribution in [1.82, 2.24) is 9.29 Å². The monoisotopic (exact) mass is 472 g/mol. The lowest BCUT2D eigenvalue weighted by molar-refractivity contribution is -0.0440. The molecule has 32 heavy (non-hydrogen) atoms. The minimum atomic E-state index is -3.63. The van der Waals surface area contributed by atoms with Crippen molar-refractivity contribution in [2.75, 3.05) is 18.5 Å². The third-order valence-corrected chi connectivity index (χ3v) is 7.48. The van der Waals surface area contributed by atoms with Crippen molar-refractivity contribution < 1.29 is 18.3 Å². The van der Waals surface area contributed by atoms with E-state index in [0.29, 0.717) is 29.5 Å². The van der Waals surface area contributed by atoms with Gasteiger partial charge in [0.25, 0.3) is 0 Å². The van der Waals surface area contributed by atoms with Crippen LogP contribution in [-0.4, -0.2) is 54.3 Å². The van der Waals surface area contributed by atoms with E-state index < -0.39 is 10.0 Å². The van der Waals surface area contributed by atoms with Gasteiger partial charge in [0, 0.05) is 24.0 Å². The van der Waals surface area contributed by atoms with Crippen molar-refractivity contribution in [1.29, 1.82) is 0 Å². The number of sulfonamides is 1. The summed E-state index contributed by atoms with van der Waals surface area (Å²) < 4.78 is 33.5. The maximum atomic E-state index is 13.2. The van der Waals surface area contributed by atoms with E-state index >= 15 is 0 Å². The Kier molecular flexibility index (Phi) is 6.56. The van der Waals surface area contributed by atoms with Gasteiger partial charge in [0.05, 0.1) is 29.0 Å². The molecule has 0 saturated carbocycles. The molecule has 1 aromatic heterocycles. The number of aromatic hydroxyl groups is 1. The summed E-state index contributed by atoms with van der Waals surface area (Å²) in [7, 11) is -3.63. The average Bonchev–Trinajstić information content (AvgIpc) is 3.22. The van der Waals surface area contributed by atoms with E-state index in [0.717, 1.165) is 5.56 Å². The van der Waals surface area contributed by atoms with Crippen LogP contribution in [0.5, 0.6) is 5.75 Å². The summed E-state index contributed by atoms with van der Waals surface area (Å²) in [6.07, 6.45) is 1.28. The lowest BCUT2D eigenvalue weighted by Gasteiger charge is -2.34. The molecular formula is C22H24N4O4S2. The molecule has 2 heterocycles. The smallest absolute Gasteiger partial charge is 0.243 e. The second-order valence-corrected chi connectivity index (χ2v) is 10.4. The van der Waals surface area contributed by atoms with Crippen molar-refractivity contribution in [2.45, 2.75) is 31.0 Å². The van der Waals surface area contributed by atoms with Gasteiger partial charge >= 0.3 is 0 Å². The first-order valence-electron chi connectivity index (χ1n) is 10.1. The highest BCUT2D eigenvalue weighted by atomic mass is 32.2. The quantitative estimate of drug-likeness (QED) is 0.418. The molecule has 1 saturated heterocycles. The molecule has 0 bridgehead atoms. The number of thiazole rings is 1. The Hall–Kier alpha value is -2.79. The Bertz CT molecular complexity index is 1220. The van der Waals surface area contributed by atoms with Crippen LogP contribution in [0.2, 0.25) is 0 Å². The number of aromatic nitrogens is 1. The average molecular weight is 473 g/mol. The molecule has 4 rings (SSSR count). The van der Waals surface area contributed by atoms with E-state index in [2.05, 4.69) is 15.5 Å². The van der Waals surface area contributed by atoms with E-state index in [9.17, 15) is 13.5 Å². The summed E-state index contributed by atoms with van der Waals surface area (Å²) in [5, 5.41) is 16.1. The zero-order valence-electron chi connectivity index (χ0n) is 17.7. The van der Waals surface area contributed by atoms with Crippen LogP contribution in [-0.2, 0) is 14.8 Å². The molecule has 0 radical (unpaired) electrons. The zero-order valence-corrected chi connectivity index (χ0v) is 19.3.